The van der Waals surface area contributed by atoms with Gasteiger partial charge in [0.2, 0.25) is 0 Å². The molecule has 0 aromatic carbocycles. The van der Waals surface area contributed by atoms with Crippen LogP contribution in [0.15, 0.2) is 0 Å². The molecule has 1 rings (SSSR count). The van der Waals surface area contributed by atoms with Crippen LogP contribution in [-0.4, -0.2) is 11.7 Å². The van der Waals surface area contributed by atoms with E-state index in [-0.39, 0.29) is 5.60 Å². The quantitative estimate of drug-likeness (QED) is 0.539. The van der Waals surface area contributed by atoms with Crippen molar-refractivity contribution in [2.75, 3.05) is 0 Å². The van der Waals surface area contributed by atoms with Crippen LogP contribution < -0.4 is 0 Å². The van der Waals surface area contributed by atoms with E-state index in [0.29, 0.717) is 17.9 Å². The molecule has 0 aromatic rings. The Hall–Kier alpha value is -0.0400. The van der Waals surface area contributed by atoms with Crippen LogP contribution >= 0.6 is 0 Å². The van der Waals surface area contributed by atoms with Crippen molar-refractivity contribution in [3.63, 3.8) is 0 Å². The summed E-state index contributed by atoms with van der Waals surface area (Å²) < 4.78 is 5.63. The highest BCUT2D eigenvalue weighted by molar-refractivity contribution is 5.02. The van der Waals surface area contributed by atoms with Gasteiger partial charge in [0.25, 0.3) is 0 Å². The maximum absolute atomic E-state index is 5.63. The Balaban J connectivity index is 2.48. The van der Waals surface area contributed by atoms with Gasteiger partial charge in [0.1, 0.15) is 0 Å². The molecule has 60 valence electrons. The number of epoxide rings is 1. The highest BCUT2D eigenvalue weighted by Gasteiger charge is 2.55. The van der Waals surface area contributed by atoms with Gasteiger partial charge in [-0.3, -0.25) is 0 Å². The number of ether oxygens (including phenoxy) is 1. The lowest BCUT2D eigenvalue weighted by Gasteiger charge is -2.11. The molecule has 0 aromatic heterocycles. The molecule has 2 unspecified atom stereocenters. The maximum Gasteiger partial charge on any atom is 0.0945 e. The van der Waals surface area contributed by atoms with Gasteiger partial charge in [-0.05, 0) is 18.8 Å². The van der Waals surface area contributed by atoms with E-state index in [1.54, 1.807) is 0 Å². The normalized spacial score (nSPS) is 39.3. The minimum atomic E-state index is 0.189. The van der Waals surface area contributed by atoms with Gasteiger partial charge in [-0.2, -0.15) is 0 Å². The van der Waals surface area contributed by atoms with Crippen molar-refractivity contribution in [1.82, 2.24) is 0 Å². The summed E-state index contributed by atoms with van der Waals surface area (Å²) in [6.07, 6.45) is 0.507. The second-order valence-electron chi connectivity index (χ2n) is 4.12. The molecule has 0 spiro atoms. The Morgan fingerprint density at radius 2 is 1.70 bits per heavy atom. The number of hydrogen-bond acceptors (Lipinski definition) is 1. The largest absolute Gasteiger partial charge is 0.366 e. The van der Waals surface area contributed by atoms with Gasteiger partial charge < -0.3 is 4.74 Å². The van der Waals surface area contributed by atoms with Gasteiger partial charge in [0, 0.05) is 0 Å². The summed E-state index contributed by atoms with van der Waals surface area (Å²) in [6, 6.07) is 0. The number of rotatable bonds is 2. The van der Waals surface area contributed by atoms with Crippen LogP contribution in [0.3, 0.4) is 0 Å². The molecule has 0 saturated carbocycles. The molecular formula is C9H18O. The topological polar surface area (TPSA) is 12.5 Å². The Bertz CT molecular complexity index is 129. The first-order valence-corrected chi connectivity index (χ1v) is 4.16. The Morgan fingerprint density at radius 1 is 1.20 bits per heavy atom. The first-order chi connectivity index (χ1) is 4.48. The highest BCUT2D eigenvalue weighted by atomic mass is 16.6. The van der Waals surface area contributed by atoms with Crippen LogP contribution in [0.2, 0.25) is 0 Å². The molecule has 1 fully saturated rings. The lowest BCUT2D eigenvalue weighted by atomic mass is 9.89. The standard InChI is InChI=1S/C9H18O/c1-6(2)8-9(5,10-8)7(3)4/h6-8H,1-5H3. The molecule has 1 nitrogen and oxygen atoms in total. The van der Waals surface area contributed by atoms with Gasteiger partial charge in [0.05, 0.1) is 11.7 Å². The SMILES string of the molecule is CC(C)C1OC1(C)C(C)C. The molecule has 1 heterocycles. The fourth-order valence-corrected chi connectivity index (χ4v) is 1.50. The van der Waals surface area contributed by atoms with Crippen molar-refractivity contribution in [3.05, 3.63) is 0 Å². The summed E-state index contributed by atoms with van der Waals surface area (Å²) in [5.41, 5.74) is 0.189. The third kappa shape index (κ3) is 1.07. The van der Waals surface area contributed by atoms with E-state index in [1.807, 2.05) is 0 Å². The lowest BCUT2D eigenvalue weighted by Crippen LogP contribution is -2.20. The minimum Gasteiger partial charge on any atom is -0.366 e. The summed E-state index contributed by atoms with van der Waals surface area (Å²) >= 11 is 0. The van der Waals surface area contributed by atoms with Crippen molar-refractivity contribution in [2.24, 2.45) is 11.8 Å². The molecule has 0 aliphatic carbocycles. The van der Waals surface area contributed by atoms with Crippen molar-refractivity contribution in [2.45, 2.75) is 46.3 Å². The monoisotopic (exact) mass is 142 g/mol. The van der Waals surface area contributed by atoms with Gasteiger partial charge in [0.15, 0.2) is 0 Å². The Kier molecular flexibility index (Phi) is 1.80. The fraction of sp³-hybridized carbons (Fsp3) is 1.00. The van der Waals surface area contributed by atoms with Crippen LogP contribution in [0.1, 0.15) is 34.6 Å². The van der Waals surface area contributed by atoms with E-state index in [2.05, 4.69) is 34.6 Å². The van der Waals surface area contributed by atoms with Crippen molar-refractivity contribution in [3.8, 4) is 0 Å². The summed E-state index contributed by atoms with van der Waals surface area (Å²) in [7, 11) is 0. The summed E-state index contributed by atoms with van der Waals surface area (Å²) in [5.74, 6) is 1.33. The van der Waals surface area contributed by atoms with E-state index in [4.69, 9.17) is 4.74 Å². The molecular weight excluding hydrogens is 124 g/mol. The smallest absolute Gasteiger partial charge is 0.0945 e. The zero-order chi connectivity index (χ0) is 7.94. The molecule has 0 radical (unpaired) electrons. The van der Waals surface area contributed by atoms with Crippen molar-refractivity contribution < 1.29 is 4.74 Å². The highest BCUT2D eigenvalue weighted by Crippen LogP contribution is 2.46. The molecule has 1 aliphatic rings. The third-order valence-electron chi connectivity index (χ3n) is 2.64. The van der Waals surface area contributed by atoms with Crippen LogP contribution in [0, 0.1) is 11.8 Å². The second-order valence-corrected chi connectivity index (χ2v) is 4.12. The molecule has 10 heavy (non-hydrogen) atoms. The molecule has 1 saturated heterocycles. The Labute approximate surface area is 63.8 Å². The molecule has 1 heteroatoms. The number of hydrogen-bond donors (Lipinski definition) is 0. The fourth-order valence-electron chi connectivity index (χ4n) is 1.50. The van der Waals surface area contributed by atoms with Gasteiger partial charge >= 0.3 is 0 Å². The van der Waals surface area contributed by atoms with Crippen LogP contribution in [0.4, 0.5) is 0 Å². The summed E-state index contributed by atoms with van der Waals surface area (Å²) in [4.78, 5) is 0. The van der Waals surface area contributed by atoms with E-state index < -0.39 is 0 Å². The first-order valence-electron chi connectivity index (χ1n) is 4.16. The van der Waals surface area contributed by atoms with Crippen molar-refractivity contribution >= 4 is 0 Å². The Morgan fingerprint density at radius 3 is 1.80 bits per heavy atom. The predicted octanol–water partition coefficient (Wildman–Crippen LogP) is 2.46. The predicted molar refractivity (Wildman–Crippen MR) is 43.0 cm³/mol. The zero-order valence-corrected chi connectivity index (χ0v) is 7.64. The average Bonchev–Trinajstić information content (AvgIpc) is 2.43. The van der Waals surface area contributed by atoms with Gasteiger partial charge in [-0.15, -0.1) is 0 Å². The van der Waals surface area contributed by atoms with E-state index in [0.717, 1.165) is 0 Å². The molecule has 1 aliphatic heterocycles. The van der Waals surface area contributed by atoms with E-state index >= 15 is 0 Å². The van der Waals surface area contributed by atoms with Gasteiger partial charge in [-0.1, -0.05) is 27.7 Å². The van der Waals surface area contributed by atoms with Crippen LogP contribution in [0.5, 0.6) is 0 Å². The van der Waals surface area contributed by atoms with Gasteiger partial charge in [-0.25, -0.2) is 0 Å². The van der Waals surface area contributed by atoms with Crippen molar-refractivity contribution in [1.29, 1.82) is 0 Å². The summed E-state index contributed by atoms with van der Waals surface area (Å²) in [5, 5.41) is 0. The first kappa shape index (κ1) is 8.06. The zero-order valence-electron chi connectivity index (χ0n) is 7.64. The third-order valence-corrected chi connectivity index (χ3v) is 2.64. The average molecular weight is 142 g/mol. The van der Waals surface area contributed by atoms with E-state index in [1.165, 1.54) is 0 Å². The molecule has 2 atom stereocenters. The maximum atomic E-state index is 5.63. The summed E-state index contributed by atoms with van der Waals surface area (Å²) in [6.45, 7) is 11.1. The second kappa shape index (κ2) is 2.23. The van der Waals surface area contributed by atoms with E-state index in [9.17, 15) is 0 Å². The molecule has 0 bridgehead atoms. The van der Waals surface area contributed by atoms with Crippen LogP contribution in [0.25, 0.3) is 0 Å². The molecule has 0 amide bonds. The molecule has 0 N–H and O–H groups in total. The van der Waals surface area contributed by atoms with Crippen LogP contribution in [-0.2, 0) is 4.74 Å². The minimum absolute atomic E-state index is 0.189. The lowest BCUT2D eigenvalue weighted by molar-refractivity contribution is 0.249.